The molecule has 2 aromatic rings. The molecule has 132 valence electrons. The SMILES string of the molecule is O=C(O)c1cn(CC(=O)N2CCC(Cc3ccc(F)cc3)CC2)nn1. The first-order chi connectivity index (χ1) is 12.0. The van der Waals surface area contributed by atoms with E-state index in [1.165, 1.54) is 23.0 Å². The van der Waals surface area contributed by atoms with Gasteiger partial charge in [-0.15, -0.1) is 5.10 Å². The van der Waals surface area contributed by atoms with Crippen LogP contribution in [0.4, 0.5) is 4.39 Å². The van der Waals surface area contributed by atoms with Gasteiger partial charge < -0.3 is 10.0 Å². The summed E-state index contributed by atoms with van der Waals surface area (Å²) in [7, 11) is 0. The average molecular weight is 346 g/mol. The Morgan fingerprint density at radius 2 is 1.88 bits per heavy atom. The van der Waals surface area contributed by atoms with E-state index in [9.17, 15) is 14.0 Å². The molecule has 1 aliphatic rings. The van der Waals surface area contributed by atoms with E-state index in [0.29, 0.717) is 19.0 Å². The maximum absolute atomic E-state index is 12.9. The minimum atomic E-state index is -1.17. The summed E-state index contributed by atoms with van der Waals surface area (Å²) < 4.78 is 14.2. The summed E-state index contributed by atoms with van der Waals surface area (Å²) >= 11 is 0. The number of hydrogen-bond donors (Lipinski definition) is 1. The molecule has 25 heavy (non-hydrogen) atoms. The molecule has 0 radical (unpaired) electrons. The van der Waals surface area contributed by atoms with Gasteiger partial charge in [-0.2, -0.15) is 0 Å². The van der Waals surface area contributed by atoms with E-state index in [-0.39, 0.29) is 24.0 Å². The molecule has 3 rings (SSSR count). The van der Waals surface area contributed by atoms with Crippen LogP contribution < -0.4 is 0 Å². The Bertz CT molecular complexity index is 752. The molecular formula is C17H19FN4O3. The fourth-order valence-electron chi connectivity index (χ4n) is 3.05. The fraction of sp³-hybridized carbons (Fsp3) is 0.412. The molecule has 1 amide bonds. The first-order valence-electron chi connectivity index (χ1n) is 8.17. The Morgan fingerprint density at radius 3 is 2.48 bits per heavy atom. The van der Waals surface area contributed by atoms with E-state index < -0.39 is 5.97 Å². The Labute approximate surface area is 144 Å². The molecule has 1 N–H and O–H groups in total. The summed E-state index contributed by atoms with van der Waals surface area (Å²) in [5.74, 6) is -1.02. The zero-order valence-electron chi connectivity index (χ0n) is 13.6. The zero-order chi connectivity index (χ0) is 17.8. The number of carboxylic acids is 1. The smallest absolute Gasteiger partial charge is 0.358 e. The van der Waals surface area contributed by atoms with Crippen LogP contribution in [0.2, 0.25) is 0 Å². The molecule has 0 unspecified atom stereocenters. The van der Waals surface area contributed by atoms with Gasteiger partial charge in [-0.25, -0.2) is 13.9 Å². The van der Waals surface area contributed by atoms with E-state index in [0.717, 1.165) is 24.8 Å². The highest BCUT2D eigenvalue weighted by molar-refractivity contribution is 5.84. The molecule has 7 nitrogen and oxygen atoms in total. The predicted molar refractivity (Wildman–Crippen MR) is 86.4 cm³/mol. The largest absolute Gasteiger partial charge is 0.476 e. The van der Waals surface area contributed by atoms with Crippen molar-refractivity contribution >= 4 is 11.9 Å². The third-order valence-electron chi connectivity index (χ3n) is 4.46. The summed E-state index contributed by atoms with van der Waals surface area (Å²) in [5.41, 5.74) is 0.931. The maximum Gasteiger partial charge on any atom is 0.358 e. The molecule has 8 heteroatoms. The molecule has 0 spiro atoms. The van der Waals surface area contributed by atoms with Crippen LogP contribution in [0.25, 0.3) is 0 Å². The molecule has 0 bridgehead atoms. The van der Waals surface area contributed by atoms with Crippen LogP contribution in [0.1, 0.15) is 28.9 Å². The summed E-state index contributed by atoms with van der Waals surface area (Å²) in [6.45, 7) is 1.30. The Balaban J connectivity index is 1.48. The van der Waals surface area contributed by atoms with Crippen LogP contribution >= 0.6 is 0 Å². The number of hydrogen-bond acceptors (Lipinski definition) is 4. The standard InChI is InChI=1S/C17H19FN4O3/c18-14-3-1-12(2-4-14)9-13-5-7-21(8-6-13)16(23)11-22-10-15(17(24)25)19-20-22/h1-4,10,13H,5-9,11H2,(H,24,25). The van der Waals surface area contributed by atoms with E-state index in [2.05, 4.69) is 10.3 Å². The Morgan fingerprint density at radius 1 is 1.20 bits per heavy atom. The zero-order valence-corrected chi connectivity index (χ0v) is 13.6. The minimum Gasteiger partial charge on any atom is -0.476 e. The van der Waals surface area contributed by atoms with Crippen LogP contribution in [0.15, 0.2) is 30.5 Å². The van der Waals surface area contributed by atoms with Crippen molar-refractivity contribution in [3.05, 3.63) is 47.5 Å². The number of amides is 1. The van der Waals surface area contributed by atoms with Crippen LogP contribution in [-0.2, 0) is 17.8 Å². The highest BCUT2D eigenvalue weighted by Gasteiger charge is 2.23. The monoisotopic (exact) mass is 346 g/mol. The van der Waals surface area contributed by atoms with Gasteiger partial charge in [-0.1, -0.05) is 17.3 Å². The molecule has 2 heterocycles. The van der Waals surface area contributed by atoms with Crippen LogP contribution in [0.5, 0.6) is 0 Å². The lowest BCUT2D eigenvalue weighted by Gasteiger charge is -2.32. The van der Waals surface area contributed by atoms with Crippen molar-refractivity contribution in [1.82, 2.24) is 19.9 Å². The molecular weight excluding hydrogens is 327 g/mol. The van der Waals surface area contributed by atoms with Gasteiger partial charge in [0.2, 0.25) is 5.91 Å². The second-order valence-electron chi connectivity index (χ2n) is 6.26. The quantitative estimate of drug-likeness (QED) is 0.888. The van der Waals surface area contributed by atoms with Gasteiger partial charge in [0.1, 0.15) is 12.4 Å². The molecule has 1 fully saturated rings. The summed E-state index contributed by atoms with van der Waals surface area (Å²) in [6, 6.07) is 6.55. The predicted octanol–water partition coefficient (Wildman–Crippen LogP) is 1.60. The molecule has 1 aromatic heterocycles. The molecule has 1 aliphatic heterocycles. The molecule has 1 aromatic carbocycles. The van der Waals surface area contributed by atoms with Crippen molar-refractivity contribution in [1.29, 1.82) is 0 Å². The lowest BCUT2D eigenvalue weighted by atomic mass is 9.90. The van der Waals surface area contributed by atoms with Gasteiger partial charge in [0, 0.05) is 13.1 Å². The highest BCUT2D eigenvalue weighted by atomic mass is 19.1. The van der Waals surface area contributed by atoms with Gasteiger partial charge in [0.05, 0.1) is 6.20 Å². The van der Waals surface area contributed by atoms with E-state index in [4.69, 9.17) is 5.11 Å². The first kappa shape index (κ1) is 17.1. The lowest BCUT2D eigenvalue weighted by Crippen LogP contribution is -2.40. The lowest BCUT2D eigenvalue weighted by molar-refractivity contribution is -0.133. The third-order valence-corrected chi connectivity index (χ3v) is 4.46. The van der Waals surface area contributed by atoms with Crippen molar-refractivity contribution in [2.45, 2.75) is 25.8 Å². The Kier molecular flexibility index (Phi) is 5.06. The molecule has 0 aliphatic carbocycles. The second kappa shape index (κ2) is 7.42. The van der Waals surface area contributed by atoms with Crippen molar-refractivity contribution in [2.75, 3.05) is 13.1 Å². The van der Waals surface area contributed by atoms with Crippen LogP contribution in [-0.4, -0.2) is 50.0 Å². The number of carbonyl (C=O) groups is 2. The maximum atomic E-state index is 12.9. The van der Waals surface area contributed by atoms with E-state index in [1.54, 1.807) is 17.0 Å². The van der Waals surface area contributed by atoms with Crippen LogP contribution in [0, 0.1) is 11.7 Å². The number of aromatic carboxylic acids is 1. The van der Waals surface area contributed by atoms with Crippen molar-refractivity contribution < 1.29 is 19.1 Å². The minimum absolute atomic E-state index is 0.0110. The average Bonchev–Trinajstić information content (AvgIpc) is 3.06. The number of piperidine rings is 1. The normalized spacial score (nSPS) is 15.3. The number of benzene rings is 1. The van der Waals surface area contributed by atoms with Crippen molar-refractivity contribution in [2.24, 2.45) is 5.92 Å². The van der Waals surface area contributed by atoms with E-state index >= 15 is 0 Å². The van der Waals surface area contributed by atoms with Gasteiger partial charge >= 0.3 is 5.97 Å². The molecule has 0 saturated carbocycles. The number of aromatic nitrogens is 3. The van der Waals surface area contributed by atoms with Crippen molar-refractivity contribution in [3.8, 4) is 0 Å². The topological polar surface area (TPSA) is 88.3 Å². The van der Waals surface area contributed by atoms with Gasteiger partial charge in [0.25, 0.3) is 0 Å². The summed E-state index contributed by atoms with van der Waals surface area (Å²) in [4.78, 5) is 24.8. The molecule has 0 atom stereocenters. The van der Waals surface area contributed by atoms with E-state index in [1.807, 2.05) is 0 Å². The van der Waals surface area contributed by atoms with Gasteiger partial charge in [-0.05, 0) is 42.9 Å². The number of carboxylic acid groups (broad SMARTS) is 1. The second-order valence-corrected chi connectivity index (χ2v) is 6.26. The third kappa shape index (κ3) is 4.40. The number of nitrogens with zero attached hydrogens (tertiary/aromatic N) is 4. The first-order valence-corrected chi connectivity index (χ1v) is 8.17. The number of likely N-dealkylation sites (tertiary alicyclic amines) is 1. The summed E-state index contributed by atoms with van der Waals surface area (Å²) in [6.07, 6.45) is 3.91. The van der Waals surface area contributed by atoms with Gasteiger partial charge in [0.15, 0.2) is 5.69 Å². The Hall–Kier alpha value is -2.77. The number of carbonyl (C=O) groups excluding carboxylic acids is 1. The fourth-order valence-corrected chi connectivity index (χ4v) is 3.05. The number of rotatable bonds is 5. The van der Waals surface area contributed by atoms with Gasteiger partial charge in [-0.3, -0.25) is 4.79 Å². The summed E-state index contributed by atoms with van der Waals surface area (Å²) in [5, 5.41) is 16.0. The van der Waals surface area contributed by atoms with Crippen molar-refractivity contribution in [3.63, 3.8) is 0 Å². The molecule has 1 saturated heterocycles. The van der Waals surface area contributed by atoms with Crippen LogP contribution in [0.3, 0.4) is 0 Å². The number of halogens is 1. The highest BCUT2D eigenvalue weighted by Crippen LogP contribution is 2.22.